The molecule has 2 aromatic carbocycles. The molecule has 0 N–H and O–H groups in total. The van der Waals surface area contributed by atoms with Crippen LogP contribution >= 0.6 is 12.4 Å². The van der Waals surface area contributed by atoms with Gasteiger partial charge in [-0.05, 0) is 42.5 Å². The van der Waals surface area contributed by atoms with Crippen LogP contribution in [0.2, 0.25) is 0 Å². The third kappa shape index (κ3) is 5.91. The number of halogens is 1. The summed E-state index contributed by atoms with van der Waals surface area (Å²) in [5, 5.41) is 0. The molecule has 134 valence electrons. The molecule has 0 bridgehead atoms. The molecule has 0 amide bonds. The summed E-state index contributed by atoms with van der Waals surface area (Å²) in [5.41, 5.74) is 2.41. The average Bonchev–Trinajstić information content (AvgIpc) is 2.67. The van der Waals surface area contributed by atoms with Crippen molar-refractivity contribution in [1.82, 2.24) is 4.90 Å². The van der Waals surface area contributed by atoms with Crippen molar-refractivity contribution in [2.75, 3.05) is 13.1 Å². The third-order valence-electron chi connectivity index (χ3n) is 4.57. The molecule has 1 aliphatic rings. The fraction of sp³-hybridized carbons (Fsp3) is 0.364. The van der Waals surface area contributed by atoms with Gasteiger partial charge in [-0.15, -0.1) is 12.4 Å². The van der Waals surface area contributed by atoms with Gasteiger partial charge in [-0.25, -0.2) is 0 Å². The first-order chi connectivity index (χ1) is 11.8. The van der Waals surface area contributed by atoms with Crippen molar-refractivity contribution < 1.29 is 4.74 Å². The molecule has 2 aromatic rings. The van der Waals surface area contributed by atoms with Crippen molar-refractivity contribution in [3.63, 3.8) is 0 Å². The van der Waals surface area contributed by atoms with E-state index in [1.165, 1.54) is 30.4 Å². The first-order valence-electron chi connectivity index (χ1n) is 9.09. The molecular weight excluding hydrogens is 330 g/mol. The lowest BCUT2D eigenvalue weighted by Crippen LogP contribution is -2.42. The Morgan fingerprint density at radius 3 is 2.08 bits per heavy atom. The van der Waals surface area contributed by atoms with Crippen LogP contribution in [0.1, 0.15) is 43.7 Å². The molecule has 3 heteroatoms. The maximum Gasteiger partial charge on any atom is 0.152 e. The summed E-state index contributed by atoms with van der Waals surface area (Å²) < 4.78 is 6.22. The highest BCUT2D eigenvalue weighted by Gasteiger charge is 2.20. The zero-order chi connectivity index (χ0) is 16.6. The van der Waals surface area contributed by atoms with Crippen LogP contribution in [0.5, 0.6) is 5.75 Å². The van der Waals surface area contributed by atoms with Crippen LogP contribution in [0.3, 0.4) is 0 Å². The molecule has 0 saturated carbocycles. The molecule has 1 aliphatic heterocycles. The first-order valence-corrected chi connectivity index (χ1v) is 9.09. The Bertz CT molecular complexity index is 633. The van der Waals surface area contributed by atoms with E-state index >= 15 is 0 Å². The topological polar surface area (TPSA) is 12.5 Å². The largest absolute Gasteiger partial charge is 0.475 e. The summed E-state index contributed by atoms with van der Waals surface area (Å²) in [4.78, 5) is 2.48. The SMILES string of the molecule is CCC(Oc1ccc(/C=C/c2ccccc2)cc1)N1CCCCC1.Cl. The second kappa shape index (κ2) is 10.3. The Balaban J connectivity index is 0.00000225. The molecule has 25 heavy (non-hydrogen) atoms. The van der Waals surface area contributed by atoms with Gasteiger partial charge in [0, 0.05) is 13.1 Å². The van der Waals surface area contributed by atoms with Crippen LogP contribution in [0.4, 0.5) is 0 Å². The van der Waals surface area contributed by atoms with Crippen LogP contribution in [-0.4, -0.2) is 24.2 Å². The molecule has 3 rings (SSSR count). The lowest BCUT2D eigenvalue weighted by atomic mass is 10.1. The Hall–Kier alpha value is -1.77. The van der Waals surface area contributed by atoms with Gasteiger partial charge in [0.1, 0.15) is 5.75 Å². The van der Waals surface area contributed by atoms with E-state index in [1.807, 2.05) is 6.07 Å². The molecule has 1 fully saturated rings. The number of likely N-dealkylation sites (tertiary alicyclic amines) is 1. The lowest BCUT2D eigenvalue weighted by molar-refractivity contribution is 0.00982. The van der Waals surface area contributed by atoms with Gasteiger partial charge in [-0.1, -0.05) is 68.0 Å². The molecule has 1 saturated heterocycles. The number of piperidine rings is 1. The maximum atomic E-state index is 6.22. The molecule has 0 spiro atoms. The predicted molar refractivity (Wildman–Crippen MR) is 109 cm³/mol. The molecule has 1 unspecified atom stereocenters. The quantitative estimate of drug-likeness (QED) is 0.598. The van der Waals surface area contributed by atoms with E-state index in [4.69, 9.17) is 4.74 Å². The van der Waals surface area contributed by atoms with Gasteiger partial charge in [0.2, 0.25) is 0 Å². The highest BCUT2D eigenvalue weighted by Crippen LogP contribution is 2.20. The van der Waals surface area contributed by atoms with Gasteiger partial charge in [0.15, 0.2) is 6.23 Å². The minimum Gasteiger partial charge on any atom is -0.475 e. The van der Waals surface area contributed by atoms with Crippen LogP contribution in [0.25, 0.3) is 12.2 Å². The molecular formula is C22H28ClNO. The second-order valence-electron chi connectivity index (χ2n) is 6.39. The molecule has 2 nitrogen and oxygen atoms in total. The fourth-order valence-corrected chi connectivity index (χ4v) is 3.19. The van der Waals surface area contributed by atoms with E-state index < -0.39 is 0 Å². The van der Waals surface area contributed by atoms with Crippen molar-refractivity contribution in [2.24, 2.45) is 0 Å². The second-order valence-corrected chi connectivity index (χ2v) is 6.39. The van der Waals surface area contributed by atoms with Gasteiger partial charge in [-0.2, -0.15) is 0 Å². The van der Waals surface area contributed by atoms with E-state index in [-0.39, 0.29) is 18.6 Å². The standard InChI is InChI=1S/C22H27NO.ClH/c1-2-22(23-17-7-4-8-18-23)24-21-15-13-20(14-16-21)12-11-19-9-5-3-6-10-19;/h3,5-6,9-16,22H,2,4,7-8,17-18H2,1H3;1H/b12-11+;. The van der Waals surface area contributed by atoms with Gasteiger partial charge in [0.25, 0.3) is 0 Å². The van der Waals surface area contributed by atoms with Crippen molar-refractivity contribution in [2.45, 2.75) is 38.8 Å². The fourth-order valence-electron chi connectivity index (χ4n) is 3.19. The van der Waals surface area contributed by atoms with Crippen LogP contribution in [0.15, 0.2) is 54.6 Å². The summed E-state index contributed by atoms with van der Waals surface area (Å²) in [6, 6.07) is 18.8. The molecule has 1 atom stereocenters. The Labute approximate surface area is 157 Å². The van der Waals surface area contributed by atoms with Gasteiger partial charge < -0.3 is 4.74 Å². The van der Waals surface area contributed by atoms with Gasteiger partial charge in [0.05, 0.1) is 0 Å². The zero-order valence-electron chi connectivity index (χ0n) is 14.9. The summed E-state index contributed by atoms with van der Waals surface area (Å²) in [5.74, 6) is 0.962. The summed E-state index contributed by atoms with van der Waals surface area (Å²) >= 11 is 0. The first kappa shape index (κ1) is 19.6. The smallest absolute Gasteiger partial charge is 0.152 e. The van der Waals surface area contributed by atoms with E-state index in [9.17, 15) is 0 Å². The third-order valence-corrected chi connectivity index (χ3v) is 4.57. The Kier molecular flexibility index (Phi) is 8.03. The molecule has 0 radical (unpaired) electrons. The Morgan fingerprint density at radius 1 is 0.880 bits per heavy atom. The number of hydrogen-bond acceptors (Lipinski definition) is 2. The van der Waals surface area contributed by atoms with Crippen molar-refractivity contribution in [1.29, 1.82) is 0 Å². The lowest BCUT2D eigenvalue weighted by Gasteiger charge is -2.34. The highest BCUT2D eigenvalue weighted by molar-refractivity contribution is 5.85. The number of benzene rings is 2. The minimum atomic E-state index is 0. The Morgan fingerprint density at radius 2 is 1.48 bits per heavy atom. The van der Waals surface area contributed by atoms with E-state index in [1.54, 1.807) is 0 Å². The summed E-state index contributed by atoms with van der Waals surface area (Å²) in [6.45, 7) is 4.53. The van der Waals surface area contributed by atoms with Crippen molar-refractivity contribution in [3.05, 3.63) is 65.7 Å². The normalized spacial score (nSPS) is 16.4. The molecule has 1 heterocycles. The number of hydrogen-bond donors (Lipinski definition) is 0. The van der Waals surface area contributed by atoms with Crippen molar-refractivity contribution >= 4 is 24.6 Å². The van der Waals surface area contributed by atoms with Crippen LogP contribution in [0, 0.1) is 0 Å². The monoisotopic (exact) mass is 357 g/mol. The predicted octanol–water partition coefficient (Wildman–Crippen LogP) is 5.88. The van der Waals surface area contributed by atoms with Crippen LogP contribution < -0.4 is 4.74 Å². The number of ether oxygens (including phenoxy) is 1. The van der Waals surface area contributed by atoms with Crippen molar-refractivity contribution in [3.8, 4) is 5.75 Å². The van der Waals surface area contributed by atoms with Gasteiger partial charge >= 0.3 is 0 Å². The number of rotatable bonds is 6. The van der Waals surface area contributed by atoms with Gasteiger partial charge in [-0.3, -0.25) is 4.90 Å². The average molecular weight is 358 g/mol. The summed E-state index contributed by atoms with van der Waals surface area (Å²) in [6.07, 6.45) is 9.45. The molecule has 0 aromatic heterocycles. The highest BCUT2D eigenvalue weighted by atomic mass is 35.5. The van der Waals surface area contributed by atoms with E-state index in [0.29, 0.717) is 0 Å². The summed E-state index contributed by atoms with van der Waals surface area (Å²) in [7, 11) is 0. The number of nitrogens with zero attached hydrogens (tertiary/aromatic N) is 1. The van der Waals surface area contributed by atoms with E-state index in [0.717, 1.165) is 25.3 Å². The maximum absolute atomic E-state index is 6.22. The molecule has 0 aliphatic carbocycles. The zero-order valence-corrected chi connectivity index (χ0v) is 15.8. The van der Waals surface area contributed by atoms with Crippen LogP contribution in [-0.2, 0) is 0 Å². The minimum absolute atomic E-state index is 0. The van der Waals surface area contributed by atoms with E-state index in [2.05, 4.69) is 72.5 Å².